The summed E-state index contributed by atoms with van der Waals surface area (Å²) in [5, 5.41) is 3.35. The first-order valence-electron chi connectivity index (χ1n) is 6.70. The van der Waals surface area contributed by atoms with E-state index in [-0.39, 0.29) is 0 Å². The predicted octanol–water partition coefficient (Wildman–Crippen LogP) is 3.43. The van der Waals surface area contributed by atoms with Gasteiger partial charge in [-0.1, -0.05) is 22.9 Å². The summed E-state index contributed by atoms with van der Waals surface area (Å²) in [6.45, 7) is 11.4. The monoisotopic (exact) mass is 328 g/mol. The van der Waals surface area contributed by atoms with Crippen molar-refractivity contribution in [2.75, 3.05) is 38.7 Å². The van der Waals surface area contributed by atoms with Crippen LogP contribution in [-0.4, -0.2) is 33.8 Å². The van der Waals surface area contributed by atoms with Crippen molar-refractivity contribution >= 4 is 21.6 Å². The minimum Gasteiger partial charge on any atom is -0.494 e. The van der Waals surface area contributed by atoms with Gasteiger partial charge in [-0.25, -0.2) is 0 Å². The Hall–Kier alpha value is -0.740. The van der Waals surface area contributed by atoms with Gasteiger partial charge in [-0.3, -0.25) is 0 Å². The maximum absolute atomic E-state index is 5.64. The molecule has 0 bridgehead atoms. The van der Waals surface area contributed by atoms with Crippen LogP contribution in [0.15, 0.2) is 4.47 Å². The molecule has 0 amide bonds. The number of halogens is 1. The molecule has 0 aromatic heterocycles. The Kier molecular flexibility index (Phi) is 6.14. The second-order valence-corrected chi connectivity index (χ2v) is 5.64. The van der Waals surface area contributed by atoms with E-state index in [2.05, 4.69) is 60.9 Å². The van der Waals surface area contributed by atoms with Crippen molar-refractivity contribution in [2.45, 2.75) is 27.7 Å². The topological polar surface area (TPSA) is 24.5 Å². The average molecular weight is 329 g/mol. The van der Waals surface area contributed by atoms with Crippen molar-refractivity contribution in [3.63, 3.8) is 0 Å². The van der Waals surface area contributed by atoms with E-state index in [1.54, 1.807) is 7.11 Å². The summed E-state index contributed by atoms with van der Waals surface area (Å²) in [6, 6.07) is 0. The number of benzene rings is 1. The standard InChI is InChI=1S/C15H25BrN2O/c1-7-17-8-9-18(5)14-12(4)13(16)10(2)11(3)15(14)19-6/h17H,7-9H2,1-6H3. The number of methoxy groups -OCH3 is 1. The van der Waals surface area contributed by atoms with E-state index in [4.69, 9.17) is 4.74 Å². The Labute approximate surface area is 125 Å². The second-order valence-electron chi connectivity index (χ2n) is 4.85. The molecule has 0 saturated heterocycles. The maximum Gasteiger partial charge on any atom is 0.145 e. The van der Waals surface area contributed by atoms with E-state index in [1.165, 1.54) is 26.9 Å². The lowest BCUT2D eigenvalue weighted by Gasteiger charge is -2.27. The minimum atomic E-state index is 0.958. The molecule has 0 aliphatic carbocycles. The molecule has 0 spiro atoms. The number of hydrogen-bond acceptors (Lipinski definition) is 3. The molecule has 108 valence electrons. The first-order chi connectivity index (χ1) is 8.95. The van der Waals surface area contributed by atoms with Crippen LogP contribution in [0.1, 0.15) is 23.6 Å². The molecular weight excluding hydrogens is 304 g/mol. The molecule has 0 aliphatic rings. The SMILES string of the molecule is CCNCCN(C)c1c(C)c(Br)c(C)c(C)c1OC. The van der Waals surface area contributed by atoms with Crippen LogP contribution in [0.4, 0.5) is 5.69 Å². The fourth-order valence-corrected chi connectivity index (χ4v) is 2.80. The van der Waals surface area contributed by atoms with E-state index in [9.17, 15) is 0 Å². The van der Waals surface area contributed by atoms with Crippen LogP contribution in [0.5, 0.6) is 5.75 Å². The van der Waals surface area contributed by atoms with Gasteiger partial charge in [0.05, 0.1) is 12.8 Å². The summed E-state index contributed by atoms with van der Waals surface area (Å²) < 4.78 is 6.81. The van der Waals surface area contributed by atoms with Crippen molar-refractivity contribution in [1.82, 2.24) is 5.32 Å². The van der Waals surface area contributed by atoms with Crippen LogP contribution < -0.4 is 15.0 Å². The molecule has 3 nitrogen and oxygen atoms in total. The molecule has 19 heavy (non-hydrogen) atoms. The van der Waals surface area contributed by atoms with E-state index in [0.29, 0.717) is 0 Å². The number of likely N-dealkylation sites (N-methyl/N-ethyl adjacent to an activating group) is 2. The third kappa shape index (κ3) is 3.42. The summed E-state index contributed by atoms with van der Waals surface area (Å²) >= 11 is 3.70. The molecule has 0 saturated carbocycles. The second kappa shape index (κ2) is 7.15. The zero-order chi connectivity index (χ0) is 14.6. The van der Waals surface area contributed by atoms with Crippen LogP contribution in [0.3, 0.4) is 0 Å². The van der Waals surface area contributed by atoms with Gasteiger partial charge in [0.1, 0.15) is 5.75 Å². The lowest BCUT2D eigenvalue weighted by Crippen LogP contribution is -2.30. The molecule has 1 N–H and O–H groups in total. The number of rotatable bonds is 6. The third-order valence-corrected chi connectivity index (χ3v) is 4.78. The smallest absolute Gasteiger partial charge is 0.145 e. The molecule has 0 fully saturated rings. The molecule has 0 atom stereocenters. The average Bonchev–Trinajstić information content (AvgIpc) is 2.40. The highest BCUT2D eigenvalue weighted by atomic mass is 79.9. The number of hydrogen-bond donors (Lipinski definition) is 1. The Bertz CT molecular complexity index is 447. The normalized spacial score (nSPS) is 10.7. The lowest BCUT2D eigenvalue weighted by molar-refractivity contribution is 0.411. The Morgan fingerprint density at radius 2 is 1.79 bits per heavy atom. The molecule has 4 heteroatoms. The fraction of sp³-hybridized carbons (Fsp3) is 0.600. The first-order valence-corrected chi connectivity index (χ1v) is 7.50. The van der Waals surface area contributed by atoms with Crippen molar-refractivity contribution in [3.8, 4) is 5.75 Å². The Balaban J connectivity index is 3.18. The molecule has 0 heterocycles. The summed E-state index contributed by atoms with van der Waals surface area (Å²) in [5.41, 5.74) is 4.86. The quantitative estimate of drug-likeness (QED) is 0.810. The van der Waals surface area contributed by atoms with E-state index in [0.717, 1.165) is 25.4 Å². The van der Waals surface area contributed by atoms with Crippen LogP contribution in [-0.2, 0) is 0 Å². The van der Waals surface area contributed by atoms with Gasteiger partial charge in [-0.05, 0) is 44.0 Å². The molecule has 0 radical (unpaired) electrons. The van der Waals surface area contributed by atoms with Gasteiger partial charge in [0.15, 0.2) is 0 Å². The summed E-state index contributed by atoms with van der Waals surface area (Å²) in [5.74, 6) is 0.984. The highest BCUT2D eigenvalue weighted by Crippen LogP contribution is 2.41. The molecule has 1 aromatic rings. The Morgan fingerprint density at radius 3 is 2.32 bits per heavy atom. The van der Waals surface area contributed by atoms with Crippen molar-refractivity contribution < 1.29 is 4.74 Å². The predicted molar refractivity (Wildman–Crippen MR) is 86.7 cm³/mol. The third-order valence-electron chi connectivity index (χ3n) is 3.59. The van der Waals surface area contributed by atoms with Crippen LogP contribution >= 0.6 is 15.9 Å². The number of nitrogens with one attached hydrogen (secondary N) is 1. The van der Waals surface area contributed by atoms with Gasteiger partial charge < -0.3 is 15.0 Å². The Morgan fingerprint density at radius 1 is 1.16 bits per heavy atom. The first kappa shape index (κ1) is 16.3. The van der Waals surface area contributed by atoms with Gasteiger partial charge in [0.25, 0.3) is 0 Å². The van der Waals surface area contributed by atoms with Crippen molar-refractivity contribution in [2.24, 2.45) is 0 Å². The van der Waals surface area contributed by atoms with Crippen LogP contribution in [0.25, 0.3) is 0 Å². The largest absolute Gasteiger partial charge is 0.494 e. The fourth-order valence-electron chi connectivity index (χ4n) is 2.31. The number of nitrogens with zero attached hydrogens (tertiary/aromatic N) is 1. The van der Waals surface area contributed by atoms with E-state index >= 15 is 0 Å². The highest BCUT2D eigenvalue weighted by molar-refractivity contribution is 9.10. The minimum absolute atomic E-state index is 0.958. The van der Waals surface area contributed by atoms with Crippen molar-refractivity contribution in [1.29, 1.82) is 0 Å². The van der Waals surface area contributed by atoms with E-state index < -0.39 is 0 Å². The molecule has 0 unspecified atom stereocenters. The van der Waals surface area contributed by atoms with Gasteiger partial charge in [-0.15, -0.1) is 0 Å². The van der Waals surface area contributed by atoms with Gasteiger partial charge in [-0.2, -0.15) is 0 Å². The number of anilines is 1. The highest BCUT2D eigenvalue weighted by Gasteiger charge is 2.19. The molecular formula is C15H25BrN2O. The lowest BCUT2D eigenvalue weighted by atomic mass is 10.0. The summed E-state index contributed by atoms with van der Waals surface area (Å²) in [6.07, 6.45) is 0. The van der Waals surface area contributed by atoms with E-state index in [1.807, 2.05) is 0 Å². The summed E-state index contributed by atoms with van der Waals surface area (Å²) in [7, 11) is 3.86. The van der Waals surface area contributed by atoms with Gasteiger partial charge in [0.2, 0.25) is 0 Å². The van der Waals surface area contributed by atoms with Gasteiger partial charge in [0, 0.05) is 24.6 Å². The summed E-state index contributed by atoms with van der Waals surface area (Å²) in [4.78, 5) is 2.26. The molecule has 1 aromatic carbocycles. The zero-order valence-electron chi connectivity index (χ0n) is 12.9. The van der Waals surface area contributed by atoms with Crippen molar-refractivity contribution in [3.05, 3.63) is 21.2 Å². The van der Waals surface area contributed by atoms with Crippen LogP contribution in [0.2, 0.25) is 0 Å². The molecule has 1 rings (SSSR count). The number of ether oxygens (including phenoxy) is 1. The maximum atomic E-state index is 5.64. The molecule has 0 aliphatic heterocycles. The van der Waals surface area contributed by atoms with Crippen LogP contribution in [0, 0.1) is 20.8 Å². The van der Waals surface area contributed by atoms with Gasteiger partial charge >= 0.3 is 0 Å². The zero-order valence-corrected chi connectivity index (χ0v) is 14.4.